The highest BCUT2D eigenvalue weighted by atomic mass is 79.9. The van der Waals surface area contributed by atoms with E-state index < -0.39 is 0 Å². The first-order valence-electron chi connectivity index (χ1n) is 8.24. The van der Waals surface area contributed by atoms with Crippen molar-refractivity contribution >= 4 is 27.7 Å². The number of hydrogen-bond donors (Lipinski definition) is 1. The molecule has 2 heterocycles. The Morgan fingerprint density at radius 1 is 1.24 bits per heavy atom. The summed E-state index contributed by atoms with van der Waals surface area (Å²) in [6.45, 7) is 5.33. The van der Waals surface area contributed by atoms with Crippen LogP contribution in [0, 0.1) is 5.41 Å². The lowest BCUT2D eigenvalue weighted by atomic mass is 9.77. The highest BCUT2D eigenvalue weighted by Crippen LogP contribution is 2.46. The van der Waals surface area contributed by atoms with Gasteiger partial charge >= 0.3 is 0 Å². The molecule has 4 nitrogen and oxygen atoms in total. The van der Waals surface area contributed by atoms with Crippen LogP contribution in [0.25, 0.3) is 0 Å². The van der Waals surface area contributed by atoms with Crippen LogP contribution in [-0.2, 0) is 0 Å². The number of aromatic nitrogens is 2. The summed E-state index contributed by atoms with van der Waals surface area (Å²) >= 11 is 3.61. The predicted molar refractivity (Wildman–Crippen MR) is 90.9 cm³/mol. The molecule has 1 N–H and O–H groups in total. The van der Waals surface area contributed by atoms with Gasteiger partial charge in [0.1, 0.15) is 5.82 Å². The summed E-state index contributed by atoms with van der Waals surface area (Å²) in [7, 11) is 0. The monoisotopic (exact) mass is 352 g/mol. The zero-order valence-electron chi connectivity index (χ0n) is 12.9. The molecule has 1 saturated carbocycles. The Balaban J connectivity index is 1.69. The smallest absolute Gasteiger partial charge is 0.224 e. The van der Waals surface area contributed by atoms with Crippen LogP contribution in [0.2, 0.25) is 0 Å². The number of nitrogens with one attached hydrogen (secondary N) is 1. The van der Waals surface area contributed by atoms with Crippen LogP contribution < -0.4 is 10.2 Å². The van der Waals surface area contributed by atoms with Crippen LogP contribution in [0.15, 0.2) is 10.7 Å². The van der Waals surface area contributed by atoms with Crippen molar-refractivity contribution in [2.45, 2.75) is 51.9 Å². The van der Waals surface area contributed by atoms with E-state index in [2.05, 4.69) is 38.1 Å². The highest BCUT2D eigenvalue weighted by molar-refractivity contribution is 9.10. The number of piperidine rings is 1. The summed E-state index contributed by atoms with van der Waals surface area (Å²) < 4.78 is 1.01. The van der Waals surface area contributed by atoms with E-state index in [-0.39, 0.29) is 0 Å². The molecular weight excluding hydrogens is 328 g/mol. The molecule has 2 aliphatic rings. The van der Waals surface area contributed by atoms with Crippen molar-refractivity contribution in [3.63, 3.8) is 0 Å². The second-order valence-corrected chi connectivity index (χ2v) is 7.34. The highest BCUT2D eigenvalue weighted by Gasteiger charge is 2.37. The van der Waals surface area contributed by atoms with E-state index in [1.807, 2.05) is 6.20 Å². The quantitative estimate of drug-likeness (QED) is 0.880. The Hall–Kier alpha value is -0.840. The molecule has 5 heteroatoms. The van der Waals surface area contributed by atoms with E-state index in [0.717, 1.165) is 42.3 Å². The number of rotatable bonds is 4. The second kappa shape index (κ2) is 6.51. The summed E-state index contributed by atoms with van der Waals surface area (Å²) in [5, 5.41) is 3.28. The van der Waals surface area contributed by atoms with Crippen LogP contribution in [0.5, 0.6) is 0 Å². The van der Waals surface area contributed by atoms with Crippen LogP contribution >= 0.6 is 15.9 Å². The Kier molecular flexibility index (Phi) is 4.67. The lowest BCUT2D eigenvalue weighted by Crippen LogP contribution is -2.39. The van der Waals surface area contributed by atoms with E-state index in [4.69, 9.17) is 4.98 Å². The molecule has 116 valence electrons. The minimum absolute atomic E-state index is 0.652. The van der Waals surface area contributed by atoms with Crippen LogP contribution in [0.1, 0.15) is 51.9 Å². The molecular formula is C16H25BrN4. The van der Waals surface area contributed by atoms with Crippen molar-refractivity contribution in [1.82, 2.24) is 9.97 Å². The van der Waals surface area contributed by atoms with E-state index in [9.17, 15) is 0 Å². The molecule has 1 aromatic rings. The summed E-state index contributed by atoms with van der Waals surface area (Å²) in [5.41, 5.74) is 0.652. The lowest BCUT2D eigenvalue weighted by Gasteiger charge is -2.40. The van der Waals surface area contributed by atoms with E-state index in [1.54, 1.807) is 0 Å². The zero-order chi connectivity index (χ0) is 14.7. The first-order chi connectivity index (χ1) is 10.2. The van der Waals surface area contributed by atoms with Crippen molar-refractivity contribution in [2.75, 3.05) is 29.9 Å². The van der Waals surface area contributed by atoms with Gasteiger partial charge in [0.25, 0.3) is 0 Å². The molecule has 1 spiro atoms. The standard InChI is InChI=1S/C16H25BrN4/c1-2-9-18-15-19-12-13(17)14(20-15)21-10-7-16(8-11-21)5-3-4-6-16/h12H,2-11H2,1H3,(H,18,19,20). The summed E-state index contributed by atoms with van der Waals surface area (Å²) in [4.78, 5) is 11.5. The third-order valence-electron chi connectivity index (χ3n) is 5.05. The molecule has 0 unspecified atom stereocenters. The Labute approximate surface area is 135 Å². The largest absolute Gasteiger partial charge is 0.355 e. The van der Waals surface area contributed by atoms with Crippen LogP contribution in [-0.4, -0.2) is 29.6 Å². The van der Waals surface area contributed by atoms with E-state index >= 15 is 0 Å². The average Bonchev–Trinajstić information content (AvgIpc) is 2.96. The molecule has 21 heavy (non-hydrogen) atoms. The molecule has 1 aliphatic heterocycles. The van der Waals surface area contributed by atoms with Gasteiger partial charge in [0.05, 0.1) is 4.47 Å². The first kappa shape index (κ1) is 15.1. The third kappa shape index (κ3) is 3.33. The van der Waals surface area contributed by atoms with Gasteiger partial charge in [-0.05, 0) is 53.4 Å². The fourth-order valence-corrected chi connectivity index (χ4v) is 4.16. The summed E-state index contributed by atoms with van der Waals surface area (Å²) in [6, 6.07) is 0. The van der Waals surface area contributed by atoms with Gasteiger partial charge in [0.2, 0.25) is 5.95 Å². The summed E-state index contributed by atoms with van der Waals surface area (Å²) in [5.74, 6) is 1.80. The maximum Gasteiger partial charge on any atom is 0.224 e. The fourth-order valence-electron chi connectivity index (χ4n) is 3.72. The minimum Gasteiger partial charge on any atom is -0.355 e. The molecule has 1 aliphatic carbocycles. The van der Waals surface area contributed by atoms with Crippen LogP contribution in [0.3, 0.4) is 0 Å². The van der Waals surface area contributed by atoms with Crippen LogP contribution in [0.4, 0.5) is 11.8 Å². The van der Waals surface area contributed by atoms with E-state index in [0.29, 0.717) is 5.41 Å². The Morgan fingerprint density at radius 3 is 2.62 bits per heavy atom. The average molecular weight is 353 g/mol. The van der Waals surface area contributed by atoms with Gasteiger partial charge in [0, 0.05) is 25.8 Å². The zero-order valence-corrected chi connectivity index (χ0v) is 14.5. The molecule has 1 saturated heterocycles. The van der Waals surface area contributed by atoms with Gasteiger partial charge < -0.3 is 10.2 Å². The third-order valence-corrected chi connectivity index (χ3v) is 5.61. The molecule has 2 fully saturated rings. The number of nitrogens with zero attached hydrogens (tertiary/aromatic N) is 3. The van der Waals surface area contributed by atoms with Gasteiger partial charge in [-0.15, -0.1) is 0 Å². The number of halogens is 1. The van der Waals surface area contributed by atoms with Gasteiger partial charge in [-0.25, -0.2) is 4.98 Å². The molecule has 0 radical (unpaired) electrons. The molecule has 1 aromatic heterocycles. The Morgan fingerprint density at radius 2 is 1.95 bits per heavy atom. The SMILES string of the molecule is CCCNc1ncc(Br)c(N2CCC3(CCCC3)CC2)n1. The van der Waals surface area contributed by atoms with Crippen molar-refractivity contribution in [2.24, 2.45) is 5.41 Å². The number of anilines is 2. The van der Waals surface area contributed by atoms with Crippen molar-refractivity contribution in [3.8, 4) is 0 Å². The fraction of sp³-hybridized carbons (Fsp3) is 0.750. The van der Waals surface area contributed by atoms with Crippen molar-refractivity contribution in [1.29, 1.82) is 0 Å². The first-order valence-corrected chi connectivity index (χ1v) is 9.03. The Bertz CT molecular complexity index is 475. The molecule has 0 amide bonds. The molecule has 0 aromatic carbocycles. The van der Waals surface area contributed by atoms with E-state index in [1.165, 1.54) is 38.5 Å². The van der Waals surface area contributed by atoms with Crippen molar-refractivity contribution in [3.05, 3.63) is 10.7 Å². The van der Waals surface area contributed by atoms with Crippen molar-refractivity contribution < 1.29 is 0 Å². The maximum atomic E-state index is 4.71. The molecule has 0 atom stereocenters. The van der Waals surface area contributed by atoms with Gasteiger partial charge in [-0.1, -0.05) is 19.8 Å². The normalized spacial score (nSPS) is 21.0. The topological polar surface area (TPSA) is 41.1 Å². The maximum absolute atomic E-state index is 4.71. The lowest BCUT2D eigenvalue weighted by molar-refractivity contribution is 0.226. The predicted octanol–water partition coefficient (Wildman–Crippen LogP) is 4.22. The molecule has 3 rings (SSSR count). The number of hydrogen-bond acceptors (Lipinski definition) is 4. The molecule has 0 bridgehead atoms. The van der Waals surface area contributed by atoms with Gasteiger partial charge in [-0.3, -0.25) is 0 Å². The minimum atomic E-state index is 0.652. The summed E-state index contributed by atoms with van der Waals surface area (Å²) in [6.07, 6.45) is 11.3. The van der Waals surface area contributed by atoms with Gasteiger partial charge in [-0.2, -0.15) is 4.98 Å². The second-order valence-electron chi connectivity index (χ2n) is 6.49. The van der Waals surface area contributed by atoms with Gasteiger partial charge in [0.15, 0.2) is 0 Å².